The topological polar surface area (TPSA) is 81.4 Å². The zero-order chi connectivity index (χ0) is 17.9. The maximum atomic E-state index is 12.5. The first-order valence-electron chi connectivity index (χ1n) is 7.64. The van der Waals surface area contributed by atoms with Gasteiger partial charge in [0.15, 0.2) is 0 Å². The Balaban J connectivity index is 2.37. The summed E-state index contributed by atoms with van der Waals surface area (Å²) in [5, 5.41) is 13.7. The van der Waals surface area contributed by atoms with Crippen LogP contribution in [0.2, 0.25) is 0 Å². The van der Waals surface area contributed by atoms with E-state index in [9.17, 15) is 9.59 Å². The van der Waals surface area contributed by atoms with E-state index >= 15 is 0 Å². The van der Waals surface area contributed by atoms with Crippen LogP contribution in [-0.4, -0.2) is 52.0 Å². The maximum absolute atomic E-state index is 12.5. The molecular weight excluding hydrogens is 328 g/mol. The second kappa shape index (κ2) is 7.36. The molecule has 1 aromatic heterocycles. The monoisotopic (exact) mass is 352 g/mol. The number of aliphatic carboxylic acids is 1. The number of nitrogens with zero attached hydrogens (tertiary/aromatic N) is 2. The molecule has 0 bridgehead atoms. The van der Waals surface area contributed by atoms with Gasteiger partial charge in [0, 0.05) is 5.75 Å². The number of carboxylic acid groups (broad SMARTS) is 1. The maximum Gasteiger partial charge on any atom is 0.309 e. The second-order valence-electron chi connectivity index (χ2n) is 6.65. The summed E-state index contributed by atoms with van der Waals surface area (Å²) in [6.07, 6.45) is 6.27. The van der Waals surface area contributed by atoms with Crippen LogP contribution in [-0.2, 0) is 22.7 Å². The molecular formula is C17H24N2O4S. The fourth-order valence-electron chi connectivity index (χ4n) is 2.37. The molecule has 0 amide bonds. The number of rotatable bonds is 7. The van der Waals surface area contributed by atoms with E-state index in [2.05, 4.69) is 23.9 Å². The molecule has 0 aliphatic heterocycles. The smallest absolute Gasteiger partial charge is 0.309 e. The largest absolute Gasteiger partial charge is 0.481 e. The highest BCUT2D eigenvalue weighted by atomic mass is 32.3. The van der Waals surface area contributed by atoms with E-state index < -0.39 is 22.4 Å². The zero-order valence-corrected chi connectivity index (χ0v) is 15.4. The van der Waals surface area contributed by atoms with Crippen molar-refractivity contribution in [2.75, 3.05) is 31.1 Å². The van der Waals surface area contributed by atoms with Crippen molar-refractivity contribution >= 4 is 26.9 Å². The van der Waals surface area contributed by atoms with E-state index in [1.54, 1.807) is 10.7 Å². The van der Waals surface area contributed by atoms with E-state index in [-0.39, 0.29) is 17.9 Å². The van der Waals surface area contributed by atoms with Crippen LogP contribution in [0.1, 0.15) is 11.3 Å². The van der Waals surface area contributed by atoms with Crippen molar-refractivity contribution in [3.8, 4) is 0 Å². The van der Waals surface area contributed by atoms with Crippen LogP contribution in [0.4, 0.5) is 0 Å². The minimum Gasteiger partial charge on any atom is -0.481 e. The van der Waals surface area contributed by atoms with Gasteiger partial charge in [-0.2, -0.15) is 5.10 Å². The number of hydrogen-bond donors (Lipinski definition) is 1. The first kappa shape index (κ1) is 18.5. The van der Waals surface area contributed by atoms with E-state index in [0.29, 0.717) is 17.5 Å². The lowest BCUT2D eigenvalue weighted by Gasteiger charge is -2.24. The Morgan fingerprint density at radius 2 is 2.04 bits per heavy atom. The molecule has 6 nitrogen and oxygen atoms in total. The number of carbonyl (C=O) groups is 1. The lowest BCUT2D eigenvalue weighted by atomic mass is 10.1. The number of hydrogen-bond acceptors (Lipinski definition) is 4. The highest BCUT2D eigenvalue weighted by Gasteiger charge is 2.15. The van der Waals surface area contributed by atoms with Gasteiger partial charge in [-0.25, -0.2) is 14.7 Å². The number of fused-ring (bicyclic) bond motifs is 1. The normalized spacial score (nSPS) is 12.5. The third-order valence-electron chi connectivity index (χ3n) is 3.63. The van der Waals surface area contributed by atoms with Crippen molar-refractivity contribution in [3.63, 3.8) is 0 Å². The number of aryl methyl sites for hydroxylation is 1. The number of benzene rings is 1. The van der Waals surface area contributed by atoms with Crippen LogP contribution in [0.15, 0.2) is 23.0 Å². The predicted molar refractivity (Wildman–Crippen MR) is 98.3 cm³/mol. The molecule has 0 saturated heterocycles. The molecule has 7 heteroatoms. The summed E-state index contributed by atoms with van der Waals surface area (Å²) in [4.78, 5) is 23.5. The molecule has 0 aliphatic carbocycles. The Labute approximate surface area is 142 Å². The lowest BCUT2D eigenvalue weighted by molar-refractivity contribution is -0.136. The van der Waals surface area contributed by atoms with Crippen LogP contribution in [0.5, 0.6) is 0 Å². The van der Waals surface area contributed by atoms with Crippen molar-refractivity contribution in [2.24, 2.45) is 0 Å². The van der Waals surface area contributed by atoms with Crippen molar-refractivity contribution in [1.82, 2.24) is 9.78 Å². The fraction of sp³-hybridized carbons (Fsp3) is 0.471. The van der Waals surface area contributed by atoms with Crippen LogP contribution >= 0.6 is 10.0 Å². The van der Waals surface area contributed by atoms with Gasteiger partial charge in [-0.05, 0) is 37.3 Å². The molecule has 1 aromatic carbocycles. The quantitative estimate of drug-likeness (QED) is 0.771. The van der Waals surface area contributed by atoms with E-state index in [0.717, 1.165) is 11.3 Å². The van der Waals surface area contributed by atoms with Crippen molar-refractivity contribution in [3.05, 3.63) is 39.7 Å². The molecule has 2 rings (SSSR count). The first-order valence-corrected chi connectivity index (χ1v) is 10.7. The number of ether oxygens (including phenoxy) is 1. The molecule has 1 N–H and O–H groups in total. The lowest BCUT2D eigenvalue weighted by Crippen LogP contribution is -2.23. The summed E-state index contributed by atoms with van der Waals surface area (Å²) in [5.41, 5.74) is 1.19. The van der Waals surface area contributed by atoms with E-state index in [4.69, 9.17) is 9.84 Å². The molecule has 0 saturated carbocycles. The van der Waals surface area contributed by atoms with Gasteiger partial charge in [-0.3, -0.25) is 9.59 Å². The summed E-state index contributed by atoms with van der Waals surface area (Å²) in [5.74, 6) is -0.0945. The SMILES string of the molecule is Cc1cccc2c1c(=O)c(CC(=O)O)nn2COCCS(C)(C)C. The summed E-state index contributed by atoms with van der Waals surface area (Å²) in [6.45, 7) is 2.64. The third kappa shape index (κ3) is 4.58. The summed E-state index contributed by atoms with van der Waals surface area (Å²) in [6, 6.07) is 5.49. The van der Waals surface area contributed by atoms with Gasteiger partial charge in [-0.1, -0.05) is 12.1 Å². The van der Waals surface area contributed by atoms with E-state index in [1.807, 2.05) is 19.1 Å². The van der Waals surface area contributed by atoms with Gasteiger partial charge in [0.2, 0.25) is 5.43 Å². The first-order chi connectivity index (χ1) is 11.2. The van der Waals surface area contributed by atoms with Gasteiger partial charge in [0.25, 0.3) is 0 Å². The number of aromatic nitrogens is 2. The molecule has 132 valence electrons. The van der Waals surface area contributed by atoms with E-state index in [1.165, 1.54) is 0 Å². The number of carboxylic acids is 1. The van der Waals surface area contributed by atoms with Crippen LogP contribution in [0.25, 0.3) is 10.9 Å². The van der Waals surface area contributed by atoms with Crippen molar-refractivity contribution < 1.29 is 14.6 Å². The van der Waals surface area contributed by atoms with Gasteiger partial charge >= 0.3 is 5.97 Å². The molecule has 0 aliphatic rings. The molecule has 0 radical (unpaired) electrons. The Morgan fingerprint density at radius 3 is 2.67 bits per heavy atom. The zero-order valence-electron chi connectivity index (χ0n) is 14.5. The predicted octanol–water partition coefficient (Wildman–Crippen LogP) is 2.00. The van der Waals surface area contributed by atoms with Gasteiger partial charge in [-0.15, -0.1) is 0 Å². The van der Waals surface area contributed by atoms with Crippen LogP contribution in [0.3, 0.4) is 0 Å². The Morgan fingerprint density at radius 1 is 1.33 bits per heavy atom. The Bertz CT molecular complexity index is 809. The summed E-state index contributed by atoms with van der Waals surface area (Å²) >= 11 is 0. The standard InChI is InChI=1S/C17H24N2O4S/c1-12-6-5-7-14-16(12)17(22)13(10-15(20)21)18-19(14)11-23-8-9-24(2,3)4/h5-7H,8-11H2,1-4H3,(H,20,21). The Kier molecular flexibility index (Phi) is 5.66. The van der Waals surface area contributed by atoms with Crippen LogP contribution in [0, 0.1) is 6.92 Å². The van der Waals surface area contributed by atoms with Crippen molar-refractivity contribution in [2.45, 2.75) is 20.1 Å². The second-order valence-corrected chi connectivity index (χ2v) is 11.2. The average Bonchev–Trinajstić information content (AvgIpc) is 2.46. The molecule has 1 heterocycles. The fourth-order valence-corrected chi connectivity index (χ4v) is 2.99. The highest BCUT2D eigenvalue weighted by Crippen LogP contribution is 2.33. The summed E-state index contributed by atoms with van der Waals surface area (Å²) in [7, 11) is -0.641. The Hall–Kier alpha value is -1.86. The molecule has 0 atom stereocenters. The average molecular weight is 352 g/mol. The van der Waals surface area contributed by atoms with Crippen molar-refractivity contribution in [1.29, 1.82) is 0 Å². The molecule has 0 unspecified atom stereocenters. The molecule has 0 fully saturated rings. The van der Waals surface area contributed by atoms with Crippen LogP contribution < -0.4 is 5.43 Å². The highest BCUT2D eigenvalue weighted by molar-refractivity contribution is 8.32. The molecule has 2 aromatic rings. The van der Waals surface area contributed by atoms with Gasteiger partial charge < -0.3 is 9.84 Å². The molecule has 24 heavy (non-hydrogen) atoms. The summed E-state index contributed by atoms with van der Waals surface area (Å²) < 4.78 is 7.30. The van der Waals surface area contributed by atoms with Gasteiger partial charge in [0.05, 0.1) is 23.9 Å². The molecule has 0 spiro atoms. The minimum absolute atomic E-state index is 0.0364. The minimum atomic E-state index is -1.07. The van der Waals surface area contributed by atoms with Gasteiger partial charge in [0.1, 0.15) is 12.4 Å². The third-order valence-corrected chi connectivity index (χ3v) is 5.02.